The summed E-state index contributed by atoms with van der Waals surface area (Å²) in [7, 11) is -3.84. The van der Waals surface area contributed by atoms with Gasteiger partial charge in [0.1, 0.15) is 0 Å². The SMILES string of the molecule is Cc1ccc(S(=O)(=O)N2CCSCC2)cc1C(F)(F)F. The maximum absolute atomic E-state index is 12.8. The van der Waals surface area contributed by atoms with Crippen LogP contribution in [0.25, 0.3) is 0 Å². The van der Waals surface area contributed by atoms with Crippen LogP contribution in [-0.4, -0.2) is 37.3 Å². The molecule has 1 aromatic carbocycles. The molecule has 1 aromatic rings. The Bertz CT molecular complexity index is 593. The van der Waals surface area contributed by atoms with Gasteiger partial charge in [0.2, 0.25) is 10.0 Å². The average molecular weight is 325 g/mol. The Kier molecular flexibility index (Phi) is 4.36. The molecule has 0 N–H and O–H groups in total. The van der Waals surface area contributed by atoms with Crippen LogP contribution >= 0.6 is 11.8 Å². The normalized spacial score (nSPS) is 18.2. The highest BCUT2D eigenvalue weighted by atomic mass is 32.2. The van der Waals surface area contributed by atoms with E-state index in [1.807, 2.05) is 0 Å². The third-order valence-corrected chi connectivity index (χ3v) is 5.96. The van der Waals surface area contributed by atoms with E-state index in [0.29, 0.717) is 24.6 Å². The van der Waals surface area contributed by atoms with Crippen molar-refractivity contribution >= 4 is 21.8 Å². The van der Waals surface area contributed by atoms with Crippen molar-refractivity contribution in [3.05, 3.63) is 29.3 Å². The molecule has 0 radical (unpaired) electrons. The topological polar surface area (TPSA) is 37.4 Å². The first-order chi connectivity index (χ1) is 9.23. The van der Waals surface area contributed by atoms with Crippen LogP contribution in [0.4, 0.5) is 13.2 Å². The summed E-state index contributed by atoms with van der Waals surface area (Å²) in [5.41, 5.74) is -0.879. The van der Waals surface area contributed by atoms with Crippen molar-refractivity contribution < 1.29 is 21.6 Å². The smallest absolute Gasteiger partial charge is 0.207 e. The molecule has 0 saturated carbocycles. The molecular formula is C12H14F3NO2S2. The molecule has 0 spiro atoms. The summed E-state index contributed by atoms with van der Waals surface area (Å²) in [6.07, 6.45) is -4.55. The molecule has 1 aliphatic rings. The summed E-state index contributed by atoms with van der Waals surface area (Å²) in [4.78, 5) is -0.290. The van der Waals surface area contributed by atoms with Crippen LogP contribution in [0.5, 0.6) is 0 Å². The first kappa shape index (κ1) is 15.7. The number of nitrogens with zero attached hydrogens (tertiary/aromatic N) is 1. The van der Waals surface area contributed by atoms with Crippen molar-refractivity contribution in [1.29, 1.82) is 0 Å². The van der Waals surface area contributed by atoms with Crippen molar-refractivity contribution in [2.45, 2.75) is 18.0 Å². The molecule has 0 amide bonds. The van der Waals surface area contributed by atoms with E-state index in [0.717, 1.165) is 6.07 Å². The number of hydrogen-bond acceptors (Lipinski definition) is 3. The first-order valence-corrected chi connectivity index (χ1v) is 8.58. The molecular weight excluding hydrogens is 311 g/mol. The van der Waals surface area contributed by atoms with Crippen LogP contribution in [0.2, 0.25) is 0 Å². The molecule has 1 heterocycles. The van der Waals surface area contributed by atoms with Gasteiger partial charge in [-0.15, -0.1) is 0 Å². The largest absolute Gasteiger partial charge is 0.416 e. The third kappa shape index (κ3) is 3.12. The van der Waals surface area contributed by atoms with E-state index in [-0.39, 0.29) is 10.5 Å². The zero-order valence-electron chi connectivity index (χ0n) is 10.8. The monoisotopic (exact) mass is 325 g/mol. The van der Waals surface area contributed by atoms with Crippen molar-refractivity contribution in [2.24, 2.45) is 0 Å². The molecule has 0 aliphatic carbocycles. The predicted octanol–water partition coefficient (Wildman–Crippen LogP) is 2.75. The average Bonchev–Trinajstić information content (AvgIpc) is 2.38. The minimum absolute atomic E-state index is 0.0191. The van der Waals surface area contributed by atoms with E-state index in [1.54, 1.807) is 11.8 Å². The highest BCUT2D eigenvalue weighted by Gasteiger charge is 2.35. The van der Waals surface area contributed by atoms with E-state index < -0.39 is 21.8 Å². The van der Waals surface area contributed by atoms with Crippen LogP contribution in [0.15, 0.2) is 23.1 Å². The van der Waals surface area contributed by atoms with Crippen molar-refractivity contribution in [1.82, 2.24) is 4.31 Å². The summed E-state index contributed by atoms with van der Waals surface area (Å²) in [5, 5.41) is 0. The van der Waals surface area contributed by atoms with Gasteiger partial charge >= 0.3 is 6.18 Å². The Hall–Kier alpha value is -0.730. The number of benzene rings is 1. The minimum Gasteiger partial charge on any atom is -0.207 e. The van der Waals surface area contributed by atoms with Gasteiger partial charge in [0.15, 0.2) is 0 Å². The predicted molar refractivity (Wildman–Crippen MR) is 72.3 cm³/mol. The van der Waals surface area contributed by atoms with Crippen LogP contribution < -0.4 is 0 Å². The van der Waals surface area contributed by atoms with Gasteiger partial charge in [-0.1, -0.05) is 6.07 Å². The summed E-state index contributed by atoms with van der Waals surface area (Å²) in [6, 6.07) is 3.17. The fraction of sp³-hybridized carbons (Fsp3) is 0.500. The highest BCUT2D eigenvalue weighted by molar-refractivity contribution is 7.99. The molecule has 1 aliphatic heterocycles. The number of aryl methyl sites for hydroxylation is 1. The molecule has 1 saturated heterocycles. The van der Waals surface area contributed by atoms with Gasteiger partial charge in [-0.2, -0.15) is 29.2 Å². The first-order valence-electron chi connectivity index (χ1n) is 5.98. The van der Waals surface area contributed by atoms with Crippen molar-refractivity contribution in [3.63, 3.8) is 0 Å². The maximum atomic E-state index is 12.8. The Morgan fingerprint density at radius 1 is 1.20 bits per heavy atom. The quantitative estimate of drug-likeness (QED) is 0.839. The summed E-state index contributed by atoms with van der Waals surface area (Å²) >= 11 is 1.63. The zero-order chi connectivity index (χ0) is 15.0. The molecule has 112 valence electrons. The minimum atomic E-state index is -4.55. The summed E-state index contributed by atoms with van der Waals surface area (Å²) in [6.45, 7) is 1.99. The molecule has 0 atom stereocenters. The highest BCUT2D eigenvalue weighted by Crippen LogP contribution is 2.34. The Morgan fingerprint density at radius 3 is 2.35 bits per heavy atom. The van der Waals surface area contributed by atoms with Crippen molar-refractivity contribution in [3.8, 4) is 0 Å². The molecule has 0 aromatic heterocycles. The molecule has 3 nitrogen and oxygen atoms in total. The Labute approximate surface area is 120 Å². The van der Waals surface area contributed by atoms with Gasteiger partial charge in [-0.3, -0.25) is 0 Å². The second-order valence-electron chi connectivity index (χ2n) is 4.49. The maximum Gasteiger partial charge on any atom is 0.416 e. The lowest BCUT2D eigenvalue weighted by molar-refractivity contribution is -0.138. The molecule has 0 unspecified atom stereocenters. The van der Waals surface area contributed by atoms with Crippen LogP contribution in [0, 0.1) is 6.92 Å². The zero-order valence-corrected chi connectivity index (χ0v) is 12.4. The number of sulfonamides is 1. The third-order valence-electron chi connectivity index (χ3n) is 3.12. The standard InChI is InChI=1S/C12H14F3NO2S2/c1-9-2-3-10(8-11(9)12(13,14)15)20(17,18)16-4-6-19-7-5-16/h2-3,8H,4-7H2,1H3. The van der Waals surface area contributed by atoms with Crippen LogP contribution in [-0.2, 0) is 16.2 Å². The fourth-order valence-corrected chi connectivity index (χ4v) is 4.61. The Morgan fingerprint density at radius 2 is 1.80 bits per heavy atom. The molecule has 8 heteroatoms. The van der Waals surface area contributed by atoms with Crippen molar-refractivity contribution in [2.75, 3.05) is 24.6 Å². The van der Waals surface area contributed by atoms with Gasteiger partial charge in [-0.05, 0) is 24.6 Å². The number of rotatable bonds is 2. The number of halogens is 3. The van der Waals surface area contributed by atoms with E-state index in [4.69, 9.17) is 0 Å². The number of thioether (sulfide) groups is 1. The number of alkyl halides is 3. The lowest BCUT2D eigenvalue weighted by Crippen LogP contribution is -2.37. The summed E-state index contributed by atoms with van der Waals surface area (Å²) in [5.74, 6) is 1.33. The second kappa shape index (κ2) is 5.57. The molecule has 20 heavy (non-hydrogen) atoms. The lowest BCUT2D eigenvalue weighted by atomic mass is 10.1. The van der Waals surface area contributed by atoms with Gasteiger partial charge in [0, 0.05) is 24.6 Å². The molecule has 2 rings (SSSR count). The van der Waals surface area contributed by atoms with E-state index in [2.05, 4.69) is 0 Å². The van der Waals surface area contributed by atoms with Gasteiger partial charge < -0.3 is 0 Å². The van der Waals surface area contributed by atoms with Gasteiger partial charge in [-0.25, -0.2) is 8.42 Å². The molecule has 0 bridgehead atoms. The van der Waals surface area contributed by atoms with Crippen LogP contribution in [0.3, 0.4) is 0 Å². The fourth-order valence-electron chi connectivity index (χ4n) is 2.00. The van der Waals surface area contributed by atoms with Crippen LogP contribution in [0.1, 0.15) is 11.1 Å². The number of hydrogen-bond donors (Lipinski definition) is 0. The lowest BCUT2D eigenvalue weighted by Gasteiger charge is -2.26. The van der Waals surface area contributed by atoms with Gasteiger partial charge in [0.05, 0.1) is 10.5 Å². The van der Waals surface area contributed by atoms with E-state index in [1.165, 1.54) is 23.4 Å². The van der Waals surface area contributed by atoms with E-state index >= 15 is 0 Å². The van der Waals surface area contributed by atoms with Gasteiger partial charge in [0.25, 0.3) is 0 Å². The Balaban J connectivity index is 2.42. The summed E-state index contributed by atoms with van der Waals surface area (Å²) < 4.78 is 64.4. The molecule has 1 fully saturated rings. The van der Waals surface area contributed by atoms with E-state index in [9.17, 15) is 21.6 Å². The second-order valence-corrected chi connectivity index (χ2v) is 7.65.